The molecule has 2 aromatic heterocycles. The summed E-state index contributed by atoms with van der Waals surface area (Å²) in [4.78, 5) is 21.3. The van der Waals surface area contributed by atoms with E-state index in [1.165, 1.54) is 6.20 Å². The number of aromatic nitrogens is 4. The molecule has 3 N–H and O–H groups in total. The molecule has 1 amide bonds. The van der Waals surface area contributed by atoms with Crippen molar-refractivity contribution in [3.05, 3.63) is 60.2 Å². The van der Waals surface area contributed by atoms with Crippen molar-refractivity contribution in [1.29, 1.82) is 0 Å². The second-order valence-electron chi connectivity index (χ2n) is 6.84. The molecule has 1 aliphatic rings. The second-order valence-corrected chi connectivity index (χ2v) is 6.84. The van der Waals surface area contributed by atoms with Crippen LogP contribution in [0.25, 0.3) is 11.3 Å². The molecule has 1 fully saturated rings. The summed E-state index contributed by atoms with van der Waals surface area (Å²) >= 11 is 0. The van der Waals surface area contributed by atoms with Gasteiger partial charge in [-0.25, -0.2) is 9.97 Å². The summed E-state index contributed by atoms with van der Waals surface area (Å²) in [5.74, 6) is -0.347. The fraction of sp³-hybridized carbons (Fsp3) is 0.300. The topological polar surface area (TPSA) is 117 Å². The third-order valence-corrected chi connectivity index (χ3v) is 4.67. The van der Waals surface area contributed by atoms with Crippen LogP contribution in [0.2, 0.25) is 0 Å². The van der Waals surface area contributed by atoms with Gasteiger partial charge >= 0.3 is 0 Å². The number of carbonyl (C=O) groups is 1. The largest absolute Gasteiger partial charge is 0.382 e. The predicted molar refractivity (Wildman–Crippen MR) is 106 cm³/mol. The van der Waals surface area contributed by atoms with Crippen molar-refractivity contribution in [2.45, 2.75) is 18.8 Å². The Kier molecular flexibility index (Phi) is 5.50. The lowest BCUT2D eigenvalue weighted by molar-refractivity contribution is 0.0218. The van der Waals surface area contributed by atoms with E-state index in [0.29, 0.717) is 25.5 Å². The molecule has 1 unspecified atom stereocenters. The van der Waals surface area contributed by atoms with Crippen molar-refractivity contribution in [3.8, 4) is 11.3 Å². The zero-order valence-electron chi connectivity index (χ0n) is 16.0. The third kappa shape index (κ3) is 4.41. The van der Waals surface area contributed by atoms with Crippen LogP contribution >= 0.6 is 0 Å². The zero-order chi connectivity index (χ0) is 20.2. The number of anilines is 1. The molecule has 150 valence electrons. The number of nitrogens with one attached hydrogen (secondary N) is 1. The van der Waals surface area contributed by atoms with E-state index in [0.717, 1.165) is 11.1 Å². The van der Waals surface area contributed by atoms with Gasteiger partial charge in [-0.1, -0.05) is 30.3 Å². The first kappa shape index (κ1) is 19.0. The molecule has 0 aliphatic carbocycles. The smallest absolute Gasteiger partial charge is 0.274 e. The van der Waals surface area contributed by atoms with E-state index in [4.69, 9.17) is 15.2 Å². The van der Waals surface area contributed by atoms with Crippen molar-refractivity contribution < 1.29 is 14.3 Å². The van der Waals surface area contributed by atoms with Gasteiger partial charge in [-0.05, 0) is 5.56 Å². The Balaban J connectivity index is 1.44. The standard InChI is InChI=1S/C20H22N6O3/c1-26-9-14(7-23-26)15-8-22-19(21)18(24-15)20(27)25-16-11-28-12-17(16)29-10-13-5-3-2-4-6-13/h2-9,16-17H,10-12H2,1H3,(H2,21,22)(H,25,27)/t16?,17-/m0/s1. The lowest BCUT2D eigenvalue weighted by Crippen LogP contribution is -2.44. The van der Waals surface area contributed by atoms with E-state index < -0.39 is 5.91 Å². The van der Waals surface area contributed by atoms with Crippen LogP contribution in [0, 0.1) is 0 Å². The van der Waals surface area contributed by atoms with Crippen molar-refractivity contribution in [1.82, 2.24) is 25.1 Å². The Morgan fingerprint density at radius 1 is 1.31 bits per heavy atom. The van der Waals surface area contributed by atoms with Crippen molar-refractivity contribution >= 4 is 11.7 Å². The Labute approximate surface area is 167 Å². The second kappa shape index (κ2) is 8.38. The van der Waals surface area contributed by atoms with Gasteiger partial charge in [0.25, 0.3) is 5.91 Å². The first-order valence-corrected chi connectivity index (χ1v) is 9.26. The summed E-state index contributed by atoms with van der Waals surface area (Å²) in [6.07, 6.45) is 4.71. The lowest BCUT2D eigenvalue weighted by Gasteiger charge is -2.20. The maximum atomic E-state index is 12.8. The molecular weight excluding hydrogens is 372 g/mol. The van der Waals surface area contributed by atoms with Crippen LogP contribution in [-0.2, 0) is 23.1 Å². The van der Waals surface area contributed by atoms with Crippen LogP contribution in [0.4, 0.5) is 5.82 Å². The molecule has 0 bridgehead atoms. The maximum absolute atomic E-state index is 12.8. The summed E-state index contributed by atoms with van der Waals surface area (Å²) < 4.78 is 13.1. The van der Waals surface area contributed by atoms with Crippen LogP contribution < -0.4 is 11.1 Å². The Morgan fingerprint density at radius 2 is 2.14 bits per heavy atom. The van der Waals surface area contributed by atoms with Gasteiger partial charge in [-0.15, -0.1) is 0 Å². The Bertz CT molecular complexity index is 991. The fourth-order valence-electron chi connectivity index (χ4n) is 3.11. The van der Waals surface area contributed by atoms with Gasteiger partial charge in [0.2, 0.25) is 0 Å². The molecule has 3 aromatic rings. The molecule has 0 radical (unpaired) electrons. The van der Waals surface area contributed by atoms with Gasteiger partial charge in [-0.2, -0.15) is 5.10 Å². The van der Waals surface area contributed by atoms with E-state index in [1.807, 2.05) is 30.3 Å². The SMILES string of the molecule is Cn1cc(-c2cnc(N)c(C(=O)NC3COC[C@@H]3OCc3ccccc3)n2)cn1. The number of hydrogen-bond donors (Lipinski definition) is 2. The van der Waals surface area contributed by atoms with E-state index in [9.17, 15) is 4.79 Å². The molecule has 1 aromatic carbocycles. The lowest BCUT2D eigenvalue weighted by atomic mass is 10.2. The summed E-state index contributed by atoms with van der Waals surface area (Å²) in [5, 5.41) is 7.03. The normalized spacial score (nSPS) is 18.7. The maximum Gasteiger partial charge on any atom is 0.274 e. The number of carbonyl (C=O) groups excluding carboxylic acids is 1. The number of rotatable bonds is 6. The molecule has 0 saturated carbocycles. The van der Waals surface area contributed by atoms with E-state index in [1.54, 1.807) is 24.1 Å². The first-order valence-electron chi connectivity index (χ1n) is 9.26. The summed E-state index contributed by atoms with van der Waals surface area (Å²) in [6.45, 7) is 1.22. The van der Waals surface area contributed by atoms with Gasteiger partial charge < -0.3 is 20.5 Å². The van der Waals surface area contributed by atoms with Crippen LogP contribution in [0.1, 0.15) is 16.1 Å². The predicted octanol–water partition coefficient (Wildman–Crippen LogP) is 1.17. The summed E-state index contributed by atoms with van der Waals surface area (Å²) in [6, 6.07) is 9.55. The molecule has 2 atom stereocenters. The van der Waals surface area contributed by atoms with Crippen LogP contribution in [0.3, 0.4) is 0 Å². The number of benzene rings is 1. The summed E-state index contributed by atoms with van der Waals surface area (Å²) in [7, 11) is 1.80. The zero-order valence-corrected chi connectivity index (χ0v) is 16.0. The number of hydrogen-bond acceptors (Lipinski definition) is 7. The van der Waals surface area contributed by atoms with Gasteiger partial charge in [0.05, 0.1) is 44.0 Å². The highest BCUT2D eigenvalue weighted by molar-refractivity contribution is 5.97. The minimum Gasteiger partial charge on any atom is -0.382 e. The number of nitrogens with two attached hydrogens (primary N) is 1. The molecule has 4 rings (SSSR count). The first-order chi connectivity index (χ1) is 14.1. The van der Waals surface area contributed by atoms with Crippen molar-refractivity contribution in [2.75, 3.05) is 18.9 Å². The van der Waals surface area contributed by atoms with E-state index >= 15 is 0 Å². The minimum absolute atomic E-state index is 0.0656. The van der Waals surface area contributed by atoms with Gasteiger partial charge in [-0.3, -0.25) is 9.48 Å². The Hall–Kier alpha value is -3.30. The molecule has 3 heterocycles. The van der Waals surface area contributed by atoms with Crippen molar-refractivity contribution in [3.63, 3.8) is 0 Å². The average Bonchev–Trinajstić information content (AvgIpc) is 3.36. The number of aryl methyl sites for hydroxylation is 1. The molecule has 1 saturated heterocycles. The minimum atomic E-state index is -0.412. The molecule has 9 nitrogen and oxygen atoms in total. The quantitative estimate of drug-likeness (QED) is 0.644. The highest BCUT2D eigenvalue weighted by atomic mass is 16.5. The molecule has 9 heteroatoms. The number of ether oxygens (including phenoxy) is 2. The molecular formula is C20H22N6O3. The van der Waals surface area contributed by atoms with E-state index in [2.05, 4.69) is 20.4 Å². The molecule has 29 heavy (non-hydrogen) atoms. The van der Waals surface area contributed by atoms with Gasteiger partial charge in [0, 0.05) is 18.8 Å². The highest BCUT2D eigenvalue weighted by Crippen LogP contribution is 2.19. The molecule has 1 aliphatic heterocycles. The number of nitrogen functional groups attached to an aromatic ring is 1. The molecule has 0 spiro atoms. The number of nitrogens with zero attached hydrogens (tertiary/aromatic N) is 4. The van der Waals surface area contributed by atoms with Crippen LogP contribution in [0.5, 0.6) is 0 Å². The van der Waals surface area contributed by atoms with Crippen LogP contribution in [-0.4, -0.2) is 51.0 Å². The average molecular weight is 394 g/mol. The monoisotopic (exact) mass is 394 g/mol. The number of amides is 1. The van der Waals surface area contributed by atoms with E-state index in [-0.39, 0.29) is 23.7 Å². The van der Waals surface area contributed by atoms with Crippen LogP contribution in [0.15, 0.2) is 48.9 Å². The summed E-state index contributed by atoms with van der Waals surface area (Å²) in [5.41, 5.74) is 8.31. The fourth-order valence-corrected chi connectivity index (χ4v) is 3.11. The third-order valence-electron chi connectivity index (χ3n) is 4.67. The van der Waals surface area contributed by atoms with Crippen molar-refractivity contribution in [2.24, 2.45) is 7.05 Å². The van der Waals surface area contributed by atoms with Gasteiger partial charge in [0.1, 0.15) is 6.10 Å². The Morgan fingerprint density at radius 3 is 2.90 bits per heavy atom. The highest BCUT2D eigenvalue weighted by Gasteiger charge is 2.31. The van der Waals surface area contributed by atoms with Gasteiger partial charge in [0.15, 0.2) is 11.5 Å².